The Morgan fingerprint density at radius 2 is 2.04 bits per heavy atom. The van der Waals surface area contributed by atoms with E-state index in [0.29, 0.717) is 5.75 Å². The molecule has 2 aromatic rings. The summed E-state index contributed by atoms with van der Waals surface area (Å²) in [7, 11) is 0. The summed E-state index contributed by atoms with van der Waals surface area (Å²) < 4.78 is 5.33. The van der Waals surface area contributed by atoms with Gasteiger partial charge in [0.1, 0.15) is 12.3 Å². The van der Waals surface area contributed by atoms with E-state index in [1.165, 1.54) is 28.7 Å². The van der Waals surface area contributed by atoms with E-state index in [-0.39, 0.29) is 30.4 Å². The number of hydrogen-bond acceptors (Lipinski definition) is 5. The Bertz CT molecular complexity index is 972. The SMILES string of the molecule is O=C(CN1C(=O)COc2ccc([N+](=O)[O-])cc21)Nc1cccc2c1CCCC2. The lowest BCUT2D eigenvalue weighted by molar-refractivity contribution is -0.384. The van der Waals surface area contributed by atoms with Crippen LogP contribution in [0.3, 0.4) is 0 Å². The normalized spacial score (nSPS) is 15.3. The number of nitro groups is 1. The lowest BCUT2D eigenvalue weighted by Gasteiger charge is -2.29. The Labute approximate surface area is 161 Å². The molecule has 0 spiro atoms. The first kappa shape index (κ1) is 18.0. The zero-order chi connectivity index (χ0) is 19.7. The highest BCUT2D eigenvalue weighted by atomic mass is 16.6. The molecule has 8 nitrogen and oxygen atoms in total. The van der Waals surface area contributed by atoms with E-state index in [2.05, 4.69) is 11.4 Å². The number of aryl methyl sites for hydroxylation is 1. The van der Waals surface area contributed by atoms with Gasteiger partial charge in [0.25, 0.3) is 11.6 Å². The molecule has 1 aliphatic carbocycles. The van der Waals surface area contributed by atoms with Crippen molar-refractivity contribution in [2.75, 3.05) is 23.4 Å². The summed E-state index contributed by atoms with van der Waals surface area (Å²) in [6.45, 7) is -0.446. The molecule has 2 aromatic carbocycles. The van der Waals surface area contributed by atoms with Gasteiger partial charge in [0.15, 0.2) is 6.61 Å². The van der Waals surface area contributed by atoms with Crippen molar-refractivity contribution in [3.8, 4) is 5.75 Å². The smallest absolute Gasteiger partial charge is 0.271 e. The molecule has 0 radical (unpaired) electrons. The summed E-state index contributed by atoms with van der Waals surface area (Å²) in [6.07, 6.45) is 4.14. The molecule has 0 bridgehead atoms. The minimum absolute atomic E-state index is 0.167. The second-order valence-corrected chi connectivity index (χ2v) is 6.88. The number of nitro benzene ring substituents is 1. The standard InChI is InChI=1S/C20H19N3O5/c24-19(21-16-7-3-5-13-4-1-2-6-15(13)16)11-22-17-10-14(23(26)27)8-9-18(17)28-12-20(22)25/h3,5,7-10H,1-2,4,6,11-12H2,(H,21,24). The molecule has 8 heteroatoms. The highest BCUT2D eigenvalue weighted by molar-refractivity contribution is 6.05. The van der Waals surface area contributed by atoms with Gasteiger partial charge in [-0.2, -0.15) is 0 Å². The average molecular weight is 381 g/mol. The van der Waals surface area contributed by atoms with Crippen molar-refractivity contribution < 1.29 is 19.2 Å². The van der Waals surface area contributed by atoms with E-state index in [9.17, 15) is 19.7 Å². The van der Waals surface area contributed by atoms with Gasteiger partial charge in [-0.3, -0.25) is 24.6 Å². The molecule has 0 atom stereocenters. The number of carbonyl (C=O) groups is 2. The van der Waals surface area contributed by atoms with Gasteiger partial charge in [-0.1, -0.05) is 12.1 Å². The van der Waals surface area contributed by atoms with E-state index < -0.39 is 10.8 Å². The van der Waals surface area contributed by atoms with Crippen LogP contribution in [0.2, 0.25) is 0 Å². The van der Waals surface area contributed by atoms with E-state index in [0.717, 1.165) is 36.9 Å². The van der Waals surface area contributed by atoms with Crippen molar-refractivity contribution in [1.82, 2.24) is 0 Å². The number of ether oxygens (including phenoxy) is 1. The molecule has 1 aliphatic heterocycles. The molecular weight excluding hydrogens is 362 g/mol. The molecule has 144 valence electrons. The first-order chi connectivity index (χ1) is 13.5. The van der Waals surface area contributed by atoms with Crippen LogP contribution in [-0.2, 0) is 22.4 Å². The molecule has 1 heterocycles. The molecular formula is C20H19N3O5. The topological polar surface area (TPSA) is 102 Å². The van der Waals surface area contributed by atoms with Crippen LogP contribution in [0, 0.1) is 10.1 Å². The maximum absolute atomic E-state index is 12.7. The summed E-state index contributed by atoms with van der Waals surface area (Å²) in [5.41, 5.74) is 3.22. The van der Waals surface area contributed by atoms with Crippen molar-refractivity contribution in [2.45, 2.75) is 25.7 Å². The van der Waals surface area contributed by atoms with Crippen molar-refractivity contribution >= 4 is 28.9 Å². The Morgan fingerprint density at radius 1 is 1.21 bits per heavy atom. The molecule has 0 fully saturated rings. The number of amides is 2. The van der Waals surface area contributed by atoms with Gasteiger partial charge in [-0.05, 0) is 48.9 Å². The van der Waals surface area contributed by atoms with Crippen LogP contribution in [0.15, 0.2) is 36.4 Å². The zero-order valence-corrected chi connectivity index (χ0v) is 15.1. The minimum atomic E-state index is -0.548. The Morgan fingerprint density at radius 3 is 2.86 bits per heavy atom. The molecule has 0 unspecified atom stereocenters. The fourth-order valence-electron chi connectivity index (χ4n) is 3.71. The van der Waals surface area contributed by atoms with E-state index in [4.69, 9.17) is 4.74 Å². The number of anilines is 2. The summed E-state index contributed by atoms with van der Waals surface area (Å²) in [5.74, 6) is -0.431. The first-order valence-corrected chi connectivity index (χ1v) is 9.15. The van der Waals surface area contributed by atoms with Gasteiger partial charge in [-0.15, -0.1) is 0 Å². The fourth-order valence-corrected chi connectivity index (χ4v) is 3.71. The van der Waals surface area contributed by atoms with Gasteiger partial charge < -0.3 is 10.1 Å². The molecule has 0 aromatic heterocycles. The van der Waals surface area contributed by atoms with Crippen LogP contribution < -0.4 is 15.0 Å². The Kier molecular flexibility index (Phi) is 4.68. The highest BCUT2D eigenvalue weighted by Gasteiger charge is 2.29. The largest absolute Gasteiger partial charge is 0.482 e. The fraction of sp³-hybridized carbons (Fsp3) is 0.300. The van der Waals surface area contributed by atoms with Gasteiger partial charge >= 0.3 is 0 Å². The predicted molar refractivity (Wildman–Crippen MR) is 103 cm³/mol. The number of non-ortho nitro benzene ring substituents is 1. The second kappa shape index (κ2) is 7.30. The Balaban J connectivity index is 1.56. The van der Waals surface area contributed by atoms with Crippen molar-refractivity contribution in [1.29, 1.82) is 0 Å². The van der Waals surface area contributed by atoms with Crippen LogP contribution in [0.4, 0.5) is 17.1 Å². The molecule has 0 saturated carbocycles. The minimum Gasteiger partial charge on any atom is -0.482 e. The van der Waals surface area contributed by atoms with Crippen molar-refractivity contribution in [2.24, 2.45) is 0 Å². The summed E-state index contributed by atoms with van der Waals surface area (Å²) in [6, 6.07) is 9.86. The maximum atomic E-state index is 12.7. The van der Waals surface area contributed by atoms with Crippen molar-refractivity contribution in [3.63, 3.8) is 0 Å². The van der Waals surface area contributed by atoms with Crippen LogP contribution in [0.5, 0.6) is 5.75 Å². The second-order valence-electron chi connectivity index (χ2n) is 6.88. The van der Waals surface area contributed by atoms with Gasteiger partial charge in [0, 0.05) is 17.8 Å². The van der Waals surface area contributed by atoms with Gasteiger partial charge in [0.2, 0.25) is 5.91 Å². The molecule has 2 aliphatic rings. The summed E-state index contributed by atoms with van der Waals surface area (Å²) in [4.78, 5) is 36.7. The number of carbonyl (C=O) groups excluding carboxylic acids is 2. The number of benzene rings is 2. The predicted octanol–water partition coefficient (Wildman–Crippen LogP) is 2.84. The number of rotatable bonds is 4. The number of fused-ring (bicyclic) bond motifs is 2. The molecule has 2 amide bonds. The average Bonchev–Trinajstić information content (AvgIpc) is 2.70. The zero-order valence-electron chi connectivity index (χ0n) is 15.1. The van der Waals surface area contributed by atoms with Crippen LogP contribution in [-0.4, -0.2) is 29.9 Å². The molecule has 1 N–H and O–H groups in total. The van der Waals surface area contributed by atoms with Crippen LogP contribution >= 0.6 is 0 Å². The molecule has 4 rings (SSSR count). The lowest BCUT2D eigenvalue weighted by Crippen LogP contribution is -2.43. The van der Waals surface area contributed by atoms with E-state index in [1.807, 2.05) is 12.1 Å². The third-order valence-corrected chi connectivity index (χ3v) is 5.07. The quantitative estimate of drug-likeness (QED) is 0.648. The number of hydrogen-bond donors (Lipinski definition) is 1. The third kappa shape index (κ3) is 3.40. The highest BCUT2D eigenvalue weighted by Crippen LogP contribution is 2.35. The van der Waals surface area contributed by atoms with Gasteiger partial charge in [-0.25, -0.2) is 0 Å². The number of nitrogens with one attached hydrogen (secondary N) is 1. The maximum Gasteiger partial charge on any atom is 0.271 e. The molecule has 28 heavy (non-hydrogen) atoms. The van der Waals surface area contributed by atoms with Crippen molar-refractivity contribution in [3.05, 3.63) is 57.6 Å². The number of nitrogens with zero attached hydrogens (tertiary/aromatic N) is 2. The monoisotopic (exact) mass is 381 g/mol. The van der Waals surface area contributed by atoms with Crippen LogP contribution in [0.1, 0.15) is 24.0 Å². The summed E-state index contributed by atoms with van der Waals surface area (Å²) >= 11 is 0. The Hall–Kier alpha value is -3.42. The van der Waals surface area contributed by atoms with E-state index >= 15 is 0 Å². The van der Waals surface area contributed by atoms with Crippen LogP contribution in [0.25, 0.3) is 0 Å². The lowest BCUT2D eigenvalue weighted by atomic mass is 9.90. The summed E-state index contributed by atoms with van der Waals surface area (Å²) in [5, 5.41) is 14.0. The first-order valence-electron chi connectivity index (χ1n) is 9.15. The third-order valence-electron chi connectivity index (χ3n) is 5.07. The molecule has 0 saturated heterocycles. The van der Waals surface area contributed by atoms with E-state index in [1.54, 1.807) is 0 Å². The van der Waals surface area contributed by atoms with Gasteiger partial charge in [0.05, 0.1) is 10.6 Å².